The van der Waals surface area contributed by atoms with Gasteiger partial charge in [-0.25, -0.2) is 39.1 Å². The largest absolute Gasteiger partial charge is 0.422 e. The normalized spacial score (nSPS) is 16.3. The number of fused-ring (bicyclic) bond motifs is 8. The summed E-state index contributed by atoms with van der Waals surface area (Å²) in [5.74, 6) is 2.53. The van der Waals surface area contributed by atoms with Crippen molar-refractivity contribution in [1.82, 2.24) is 72.2 Å². The topological polar surface area (TPSA) is 290 Å². The summed E-state index contributed by atoms with van der Waals surface area (Å²) in [6.07, 6.45) is 18.5. The Labute approximate surface area is 698 Å². The van der Waals surface area contributed by atoms with Crippen molar-refractivity contribution in [2.45, 2.75) is 74.7 Å². The summed E-state index contributed by atoms with van der Waals surface area (Å²) < 4.78 is 30.5. The van der Waals surface area contributed by atoms with E-state index in [4.69, 9.17) is 23.4 Å². The van der Waals surface area contributed by atoms with Gasteiger partial charge in [0, 0.05) is 196 Å². The number of nitrogens with zero attached hydrogens (tertiary/aromatic N) is 19. The van der Waals surface area contributed by atoms with Crippen molar-refractivity contribution in [1.29, 1.82) is 0 Å². The SMILES string of the molecule is Cc1cn2cc(-c3cc4ccc(N5CC(CN(C)C)C5)cc4oc3=O)nc2c(C)n1.Cc1cn2cc(-c3cc4ccc(N5CC[C@@H](CN(C)C)C5)cc4oc3=O)nc2c(C)n1.Cc1cn2cc(-c3cc4ccc(N5CC[C@@H](CN)C5)cc4oc3=O)nc2c(C)n1.Cc1cn2cc(-c3cc4ccc(N5CC[C@H](CN(C)C)C5)cc4oc3=O)nc2c(C)n1. The van der Waals surface area contributed by atoms with E-state index in [0.717, 1.165) is 191 Å². The molecule has 4 aliphatic heterocycles. The minimum absolute atomic E-state index is 0.373. The van der Waals surface area contributed by atoms with Crippen LogP contribution in [0.1, 0.15) is 64.8 Å². The Kier molecular flexibility index (Phi) is 22.1. The second-order valence-electron chi connectivity index (χ2n) is 34.1. The molecule has 0 unspecified atom stereocenters. The molecule has 2 N–H and O–H groups in total. The maximum absolute atomic E-state index is 12.8. The van der Waals surface area contributed by atoms with Gasteiger partial charge in [-0.3, -0.25) is 19.9 Å². The van der Waals surface area contributed by atoms with Gasteiger partial charge in [0.2, 0.25) is 0 Å². The molecule has 16 heterocycles. The molecule has 3 atom stereocenters. The number of imidazole rings is 4. The van der Waals surface area contributed by atoms with Crippen molar-refractivity contribution >= 4 is 89.2 Å². The fraction of sp³-hybridized carbons (Fsp3) is 0.355. The molecule has 4 aromatic carbocycles. The Morgan fingerprint density at radius 1 is 0.322 bits per heavy atom. The number of benzene rings is 4. The molecule has 121 heavy (non-hydrogen) atoms. The van der Waals surface area contributed by atoms with Crippen LogP contribution in [-0.2, 0) is 0 Å². The van der Waals surface area contributed by atoms with E-state index < -0.39 is 0 Å². The van der Waals surface area contributed by atoms with Gasteiger partial charge in [-0.2, -0.15) is 0 Å². The monoisotopic (exact) mass is 1630 g/mol. The zero-order chi connectivity index (χ0) is 84.5. The number of aryl methyl sites for hydroxylation is 8. The first-order valence-corrected chi connectivity index (χ1v) is 41.4. The number of nitrogens with two attached hydrogens (primary N) is 1. The van der Waals surface area contributed by atoms with Gasteiger partial charge < -0.3 is 75.3 Å². The summed E-state index contributed by atoms with van der Waals surface area (Å²) in [7, 11) is 12.7. The third-order valence-corrected chi connectivity index (χ3v) is 23.4. The highest BCUT2D eigenvalue weighted by molar-refractivity contribution is 5.88. The Balaban J connectivity index is 0.000000115. The lowest BCUT2D eigenvalue weighted by Crippen LogP contribution is -2.50. The average Bonchev–Trinajstić information content (AvgIpc) is 1.45. The second kappa shape index (κ2) is 33.1. The molecule has 4 fully saturated rings. The molecule has 20 rings (SSSR count). The molecular formula is C93H102N20O8. The lowest BCUT2D eigenvalue weighted by molar-refractivity contribution is 0.283. The maximum atomic E-state index is 12.8. The fourth-order valence-corrected chi connectivity index (χ4v) is 17.8. The van der Waals surface area contributed by atoms with Crippen LogP contribution in [0, 0.1) is 79.1 Å². The van der Waals surface area contributed by atoms with Gasteiger partial charge in [-0.1, -0.05) is 0 Å². The molecule has 28 heteroatoms. The molecular weight excluding hydrogens is 1530 g/mol. The van der Waals surface area contributed by atoms with Crippen LogP contribution in [0.3, 0.4) is 0 Å². The van der Waals surface area contributed by atoms with Gasteiger partial charge in [0.1, 0.15) is 22.3 Å². The van der Waals surface area contributed by atoms with Gasteiger partial charge in [-0.15, -0.1) is 0 Å². The zero-order valence-corrected chi connectivity index (χ0v) is 71.1. The number of rotatable bonds is 15. The fourth-order valence-electron chi connectivity index (χ4n) is 17.8. The van der Waals surface area contributed by atoms with Crippen molar-refractivity contribution in [3.63, 3.8) is 0 Å². The van der Waals surface area contributed by atoms with Crippen LogP contribution in [0.4, 0.5) is 22.7 Å². The van der Waals surface area contributed by atoms with Gasteiger partial charge in [0.25, 0.3) is 0 Å². The first kappa shape index (κ1) is 80.6. The summed E-state index contributed by atoms with van der Waals surface area (Å²) in [5.41, 5.74) is 25.2. The third kappa shape index (κ3) is 17.0. The van der Waals surface area contributed by atoms with Crippen LogP contribution < -0.4 is 47.8 Å². The quantitative estimate of drug-likeness (QED) is 0.0933. The van der Waals surface area contributed by atoms with E-state index in [1.54, 1.807) is 0 Å². The molecule has 622 valence electrons. The molecule has 4 saturated heterocycles. The van der Waals surface area contributed by atoms with Gasteiger partial charge in [0.15, 0.2) is 22.6 Å². The first-order chi connectivity index (χ1) is 58.1. The predicted octanol–water partition coefficient (Wildman–Crippen LogP) is 13.0. The van der Waals surface area contributed by atoms with Crippen molar-refractivity contribution < 1.29 is 17.7 Å². The van der Waals surface area contributed by atoms with E-state index in [-0.39, 0.29) is 22.5 Å². The number of aromatic nitrogens is 12. The minimum Gasteiger partial charge on any atom is -0.422 e. The van der Waals surface area contributed by atoms with Gasteiger partial charge in [-0.05, 0) is 214 Å². The minimum atomic E-state index is -0.387. The molecule has 28 nitrogen and oxygen atoms in total. The van der Waals surface area contributed by atoms with Crippen LogP contribution in [0.15, 0.2) is 183 Å². The van der Waals surface area contributed by atoms with E-state index in [1.807, 2.05) is 195 Å². The molecule has 4 aliphatic rings. The lowest BCUT2D eigenvalue weighted by atomic mass is 9.98. The standard InChI is InChI=1S/2C24H27N5O2.C23H25N5O2.C22H23N5O2/c2*1-15-11-29-14-21(26-23(29)16(2)25-15)20-9-18-5-6-19(10-22(18)31-24(20)30)28-8-7-17(13-28)12-27(3)4;1-14-9-28-13-20(25-22(28)15(2)24-14)19-7-17-5-6-18(8-21(17)30-23(19)29)27-11-16(12-27)10-26(3)4;1-13-10-27-12-19(25-21(27)14(2)24-13)18-7-16-3-4-17(8-20(16)29-22(18)28)26-6-5-15(9-23)11-26/h2*5-6,9-11,14,17H,7-8,12-13H2,1-4H3;5-9,13,16H,10-12H2,1-4H3;3-4,7-8,10,12,15H,5-6,9,11,23H2,1-2H3/t2*17-;;15-/m10.0/s1. The van der Waals surface area contributed by atoms with Crippen molar-refractivity contribution in [2.75, 3.05) is 140 Å². The van der Waals surface area contributed by atoms with Crippen molar-refractivity contribution in [3.8, 4) is 45.0 Å². The Bertz CT molecular complexity index is 6710. The van der Waals surface area contributed by atoms with Crippen molar-refractivity contribution in [3.05, 3.63) is 234 Å². The number of hydrogen-bond donors (Lipinski definition) is 1. The zero-order valence-electron chi connectivity index (χ0n) is 71.1. The van der Waals surface area contributed by atoms with Crippen LogP contribution in [0.25, 0.3) is 111 Å². The molecule has 0 bridgehead atoms. The van der Waals surface area contributed by atoms with E-state index >= 15 is 0 Å². The van der Waals surface area contributed by atoms with Crippen LogP contribution in [0.5, 0.6) is 0 Å². The van der Waals surface area contributed by atoms with E-state index in [1.165, 1.54) is 12.8 Å². The summed E-state index contributed by atoms with van der Waals surface area (Å²) in [6.45, 7) is 27.5. The predicted molar refractivity (Wildman–Crippen MR) is 477 cm³/mol. The highest BCUT2D eigenvalue weighted by Crippen LogP contribution is 2.36. The summed E-state index contributed by atoms with van der Waals surface area (Å²) in [5, 5.41) is 3.55. The summed E-state index contributed by atoms with van der Waals surface area (Å²) in [4.78, 5) is 103. The van der Waals surface area contributed by atoms with Crippen LogP contribution in [0.2, 0.25) is 0 Å². The van der Waals surface area contributed by atoms with E-state index in [2.05, 4.69) is 141 Å². The van der Waals surface area contributed by atoms with Gasteiger partial charge >= 0.3 is 22.5 Å². The van der Waals surface area contributed by atoms with E-state index in [0.29, 0.717) is 97.6 Å². The molecule has 16 aromatic rings. The third-order valence-electron chi connectivity index (χ3n) is 23.4. The Morgan fingerprint density at radius 3 is 0.835 bits per heavy atom. The number of hydrogen-bond acceptors (Lipinski definition) is 24. The van der Waals surface area contributed by atoms with Crippen LogP contribution in [-0.4, -0.2) is 193 Å². The molecule has 12 aromatic heterocycles. The van der Waals surface area contributed by atoms with Crippen molar-refractivity contribution in [2.24, 2.45) is 29.4 Å². The summed E-state index contributed by atoms with van der Waals surface area (Å²) in [6, 6.07) is 31.8. The molecule has 0 saturated carbocycles. The van der Waals surface area contributed by atoms with Gasteiger partial charge in [0.05, 0.1) is 90.6 Å². The highest BCUT2D eigenvalue weighted by Gasteiger charge is 2.30. The van der Waals surface area contributed by atoms with Crippen LogP contribution >= 0.6 is 0 Å². The highest BCUT2D eigenvalue weighted by atomic mass is 16.4. The smallest absolute Gasteiger partial charge is 0.345 e. The first-order valence-electron chi connectivity index (χ1n) is 41.4. The summed E-state index contributed by atoms with van der Waals surface area (Å²) >= 11 is 0. The Hall–Kier alpha value is -12.8. The Morgan fingerprint density at radius 2 is 0.570 bits per heavy atom. The molecule has 0 aliphatic carbocycles. The maximum Gasteiger partial charge on any atom is 0.345 e. The average molecular weight is 1630 g/mol. The lowest BCUT2D eigenvalue weighted by Gasteiger charge is -2.42. The molecule has 0 spiro atoms. The number of anilines is 4. The molecule has 0 radical (unpaired) electrons. The molecule has 0 amide bonds. The van der Waals surface area contributed by atoms with E-state index in [9.17, 15) is 19.2 Å². The second-order valence-corrected chi connectivity index (χ2v) is 34.1.